The van der Waals surface area contributed by atoms with Crippen LogP contribution in [-0.4, -0.2) is 11.7 Å². The maximum absolute atomic E-state index is 12.0. The van der Waals surface area contributed by atoms with Gasteiger partial charge in [-0.1, -0.05) is 35.9 Å². The first kappa shape index (κ1) is 14.7. The van der Waals surface area contributed by atoms with Gasteiger partial charge in [-0.15, -0.1) is 11.8 Å². The maximum atomic E-state index is 12.0. The zero-order valence-electron chi connectivity index (χ0n) is 12.1. The molecule has 0 unspecified atom stereocenters. The molecule has 3 heteroatoms. The van der Waals surface area contributed by atoms with Crippen molar-refractivity contribution < 1.29 is 4.79 Å². The highest BCUT2D eigenvalue weighted by atomic mass is 32.2. The normalized spacial score (nSPS) is 10.3. The predicted molar refractivity (Wildman–Crippen MR) is 86.4 cm³/mol. The van der Waals surface area contributed by atoms with E-state index in [0.29, 0.717) is 5.75 Å². The van der Waals surface area contributed by atoms with Crippen LogP contribution in [0.2, 0.25) is 0 Å². The summed E-state index contributed by atoms with van der Waals surface area (Å²) in [5, 5.41) is 2.97. The van der Waals surface area contributed by atoms with Crippen molar-refractivity contribution in [3.8, 4) is 0 Å². The molecule has 0 heterocycles. The monoisotopic (exact) mass is 285 g/mol. The van der Waals surface area contributed by atoms with Crippen LogP contribution in [0.3, 0.4) is 0 Å². The molecule has 2 aromatic carbocycles. The Bertz CT molecular complexity index is 622. The lowest BCUT2D eigenvalue weighted by atomic mass is 10.1. The molecule has 0 atom stereocenters. The molecule has 0 aliphatic heterocycles. The summed E-state index contributed by atoms with van der Waals surface area (Å²) in [6.45, 7) is 6.12. The Kier molecular flexibility index (Phi) is 4.85. The quantitative estimate of drug-likeness (QED) is 0.847. The summed E-state index contributed by atoms with van der Waals surface area (Å²) < 4.78 is 0. The molecule has 0 radical (unpaired) electrons. The highest BCUT2D eigenvalue weighted by molar-refractivity contribution is 8.00. The number of aryl methyl sites for hydroxylation is 3. The fraction of sp³-hybridized carbons (Fsp3) is 0.235. The van der Waals surface area contributed by atoms with Crippen molar-refractivity contribution in [1.82, 2.24) is 0 Å². The van der Waals surface area contributed by atoms with E-state index in [-0.39, 0.29) is 5.91 Å². The number of nitrogens with one attached hydrogen (secondary N) is 1. The minimum Gasteiger partial charge on any atom is -0.325 e. The second-order valence-electron chi connectivity index (χ2n) is 4.92. The highest BCUT2D eigenvalue weighted by Gasteiger charge is 2.06. The number of benzene rings is 2. The van der Waals surface area contributed by atoms with Gasteiger partial charge in [-0.3, -0.25) is 4.79 Å². The fourth-order valence-corrected chi connectivity index (χ4v) is 2.83. The lowest BCUT2D eigenvalue weighted by Gasteiger charge is -2.09. The van der Waals surface area contributed by atoms with Crippen molar-refractivity contribution >= 4 is 23.4 Å². The van der Waals surface area contributed by atoms with E-state index in [4.69, 9.17) is 0 Å². The number of amides is 1. The van der Waals surface area contributed by atoms with Crippen molar-refractivity contribution in [3.63, 3.8) is 0 Å². The van der Waals surface area contributed by atoms with E-state index in [0.717, 1.165) is 16.1 Å². The predicted octanol–water partition coefficient (Wildman–Crippen LogP) is 4.34. The van der Waals surface area contributed by atoms with Gasteiger partial charge in [0, 0.05) is 10.6 Å². The van der Waals surface area contributed by atoms with Crippen LogP contribution in [0.1, 0.15) is 16.7 Å². The van der Waals surface area contributed by atoms with Crippen LogP contribution in [0.15, 0.2) is 47.4 Å². The Morgan fingerprint density at radius 3 is 2.50 bits per heavy atom. The van der Waals surface area contributed by atoms with E-state index in [1.165, 1.54) is 11.1 Å². The minimum atomic E-state index is 0.0326. The van der Waals surface area contributed by atoms with E-state index in [2.05, 4.69) is 24.4 Å². The number of hydrogen-bond acceptors (Lipinski definition) is 2. The summed E-state index contributed by atoms with van der Waals surface area (Å²) >= 11 is 1.57. The van der Waals surface area contributed by atoms with Crippen LogP contribution >= 0.6 is 11.8 Å². The molecular formula is C17H19NOS. The maximum Gasteiger partial charge on any atom is 0.234 e. The summed E-state index contributed by atoms with van der Waals surface area (Å²) in [7, 11) is 0. The molecule has 0 saturated heterocycles. The van der Waals surface area contributed by atoms with Gasteiger partial charge in [-0.05, 0) is 44.0 Å². The minimum absolute atomic E-state index is 0.0326. The lowest BCUT2D eigenvalue weighted by Crippen LogP contribution is -2.14. The smallest absolute Gasteiger partial charge is 0.234 e. The third kappa shape index (κ3) is 3.87. The van der Waals surface area contributed by atoms with Gasteiger partial charge in [0.05, 0.1) is 5.75 Å². The third-order valence-corrected chi connectivity index (χ3v) is 4.28. The van der Waals surface area contributed by atoms with Gasteiger partial charge in [0.1, 0.15) is 0 Å². The Balaban J connectivity index is 1.94. The van der Waals surface area contributed by atoms with E-state index < -0.39 is 0 Å². The van der Waals surface area contributed by atoms with Crippen LogP contribution in [0.25, 0.3) is 0 Å². The average molecular weight is 285 g/mol. The Hall–Kier alpha value is -1.74. The molecule has 2 rings (SSSR count). The molecule has 0 aliphatic carbocycles. The molecule has 0 saturated carbocycles. The molecule has 0 bridgehead atoms. The van der Waals surface area contributed by atoms with Crippen molar-refractivity contribution in [1.29, 1.82) is 0 Å². The Morgan fingerprint density at radius 1 is 1.05 bits per heavy atom. The van der Waals surface area contributed by atoms with Crippen molar-refractivity contribution in [3.05, 3.63) is 59.2 Å². The number of rotatable bonds is 4. The second kappa shape index (κ2) is 6.62. The van der Waals surface area contributed by atoms with Crippen molar-refractivity contribution in [2.24, 2.45) is 0 Å². The third-order valence-electron chi connectivity index (χ3n) is 3.11. The van der Waals surface area contributed by atoms with Gasteiger partial charge in [0.25, 0.3) is 0 Å². The standard InChI is InChI=1S/C17H19NOS/c1-12-8-9-15(14(3)10-12)18-17(19)11-20-16-7-5-4-6-13(16)2/h4-10H,11H2,1-3H3,(H,18,19). The first-order chi connectivity index (χ1) is 9.56. The molecular weight excluding hydrogens is 266 g/mol. The zero-order chi connectivity index (χ0) is 14.5. The molecule has 0 spiro atoms. The van der Waals surface area contributed by atoms with Crippen LogP contribution < -0.4 is 5.32 Å². The molecule has 20 heavy (non-hydrogen) atoms. The molecule has 0 aromatic heterocycles. The molecule has 0 aliphatic rings. The summed E-state index contributed by atoms with van der Waals surface area (Å²) in [6.07, 6.45) is 0. The summed E-state index contributed by atoms with van der Waals surface area (Å²) in [6, 6.07) is 14.2. The Morgan fingerprint density at radius 2 is 1.80 bits per heavy atom. The van der Waals surface area contributed by atoms with E-state index >= 15 is 0 Å². The van der Waals surface area contributed by atoms with Gasteiger partial charge in [-0.2, -0.15) is 0 Å². The Labute approximate surface area is 124 Å². The van der Waals surface area contributed by atoms with Gasteiger partial charge < -0.3 is 5.32 Å². The van der Waals surface area contributed by atoms with Crippen LogP contribution in [0, 0.1) is 20.8 Å². The van der Waals surface area contributed by atoms with Crippen LogP contribution in [0.4, 0.5) is 5.69 Å². The number of carbonyl (C=O) groups is 1. The van der Waals surface area contributed by atoms with Crippen molar-refractivity contribution in [2.75, 3.05) is 11.1 Å². The molecule has 2 nitrogen and oxygen atoms in total. The molecule has 2 aromatic rings. The van der Waals surface area contributed by atoms with Crippen molar-refractivity contribution in [2.45, 2.75) is 25.7 Å². The zero-order valence-corrected chi connectivity index (χ0v) is 12.9. The second-order valence-corrected chi connectivity index (χ2v) is 5.94. The fourth-order valence-electron chi connectivity index (χ4n) is 2.00. The molecule has 0 fully saturated rings. The van der Waals surface area contributed by atoms with Gasteiger partial charge in [0.2, 0.25) is 5.91 Å². The van der Waals surface area contributed by atoms with Gasteiger partial charge in [-0.25, -0.2) is 0 Å². The summed E-state index contributed by atoms with van der Waals surface area (Å²) in [4.78, 5) is 13.2. The lowest BCUT2D eigenvalue weighted by molar-refractivity contribution is -0.113. The summed E-state index contributed by atoms with van der Waals surface area (Å²) in [5.74, 6) is 0.461. The van der Waals surface area contributed by atoms with Crippen LogP contribution in [0.5, 0.6) is 0 Å². The molecule has 1 amide bonds. The molecule has 104 valence electrons. The average Bonchev–Trinajstić information content (AvgIpc) is 2.41. The topological polar surface area (TPSA) is 29.1 Å². The van der Waals surface area contributed by atoms with Gasteiger partial charge in [0.15, 0.2) is 0 Å². The number of hydrogen-bond donors (Lipinski definition) is 1. The first-order valence-corrected chi connectivity index (χ1v) is 7.60. The number of anilines is 1. The number of carbonyl (C=O) groups excluding carboxylic acids is 1. The SMILES string of the molecule is Cc1ccc(NC(=O)CSc2ccccc2C)c(C)c1. The highest BCUT2D eigenvalue weighted by Crippen LogP contribution is 2.22. The summed E-state index contributed by atoms with van der Waals surface area (Å²) in [5.41, 5.74) is 4.40. The van der Waals surface area contributed by atoms with Crippen LogP contribution in [-0.2, 0) is 4.79 Å². The molecule has 1 N–H and O–H groups in total. The van der Waals surface area contributed by atoms with E-state index in [1.54, 1.807) is 11.8 Å². The van der Waals surface area contributed by atoms with Gasteiger partial charge >= 0.3 is 0 Å². The first-order valence-electron chi connectivity index (χ1n) is 6.62. The van der Waals surface area contributed by atoms with E-state index in [1.807, 2.05) is 44.2 Å². The van der Waals surface area contributed by atoms with E-state index in [9.17, 15) is 4.79 Å². The number of thioether (sulfide) groups is 1. The largest absolute Gasteiger partial charge is 0.325 e.